The molecule has 2 N–H and O–H groups in total. The summed E-state index contributed by atoms with van der Waals surface area (Å²) in [4.78, 5) is 13.9. The Morgan fingerprint density at radius 2 is 1.80 bits per heavy atom. The molecule has 3 aromatic rings. The Balaban J connectivity index is 1.20. The summed E-state index contributed by atoms with van der Waals surface area (Å²) in [6.45, 7) is 10.4. The van der Waals surface area contributed by atoms with Gasteiger partial charge in [-0.05, 0) is 70.1 Å². The first-order valence-electron chi connectivity index (χ1n) is 12.4. The standard InChI is InChI=1S/C26H33N7O2/c1-17-8-19(9-18(2)23(17)32-13-26(14-32)15-34-16-26)22-11-28-24(27)25(30-22)35-21-10-29-33(12-21)20-4-6-31(3)7-5-20/h8-12,20H,4-7,13-16H2,1-3H3,(H2,27,28). The zero-order chi connectivity index (χ0) is 24.2. The Hall–Kier alpha value is -3.17. The number of aromatic nitrogens is 4. The molecule has 1 spiro atoms. The Morgan fingerprint density at radius 3 is 2.46 bits per heavy atom. The maximum absolute atomic E-state index is 6.13. The van der Waals surface area contributed by atoms with E-state index in [0.717, 1.165) is 63.5 Å². The highest BCUT2D eigenvalue weighted by molar-refractivity contribution is 5.71. The van der Waals surface area contributed by atoms with Crippen LogP contribution in [0.2, 0.25) is 0 Å². The molecule has 0 radical (unpaired) electrons. The minimum absolute atomic E-state index is 0.263. The van der Waals surface area contributed by atoms with Crippen molar-refractivity contribution in [3.8, 4) is 22.9 Å². The first-order chi connectivity index (χ1) is 16.9. The Morgan fingerprint density at radius 1 is 1.09 bits per heavy atom. The molecule has 9 heteroatoms. The van der Waals surface area contributed by atoms with Crippen molar-refractivity contribution in [1.82, 2.24) is 24.6 Å². The lowest BCUT2D eigenvalue weighted by Crippen LogP contribution is -2.66. The van der Waals surface area contributed by atoms with Crippen molar-refractivity contribution < 1.29 is 9.47 Å². The summed E-state index contributed by atoms with van der Waals surface area (Å²) in [5, 5.41) is 4.53. The largest absolute Gasteiger partial charge is 0.433 e. The first kappa shape index (κ1) is 22.3. The number of rotatable bonds is 5. The number of aryl methyl sites for hydroxylation is 2. The second-order valence-electron chi connectivity index (χ2n) is 10.5. The molecule has 0 aliphatic carbocycles. The van der Waals surface area contributed by atoms with Crippen LogP contribution in [0.3, 0.4) is 0 Å². The summed E-state index contributed by atoms with van der Waals surface area (Å²) >= 11 is 0. The third-order valence-corrected chi connectivity index (χ3v) is 7.59. The molecule has 3 fully saturated rings. The first-order valence-corrected chi connectivity index (χ1v) is 12.4. The Labute approximate surface area is 205 Å². The fourth-order valence-electron chi connectivity index (χ4n) is 5.64. The fourth-order valence-corrected chi connectivity index (χ4v) is 5.64. The molecule has 5 heterocycles. The average molecular weight is 476 g/mol. The number of ether oxygens (including phenoxy) is 2. The van der Waals surface area contributed by atoms with Crippen molar-refractivity contribution >= 4 is 11.5 Å². The van der Waals surface area contributed by atoms with Gasteiger partial charge in [-0.3, -0.25) is 4.68 Å². The van der Waals surface area contributed by atoms with Gasteiger partial charge in [-0.25, -0.2) is 9.97 Å². The molecule has 0 saturated carbocycles. The van der Waals surface area contributed by atoms with Crippen LogP contribution in [0.25, 0.3) is 11.3 Å². The predicted molar refractivity (Wildman–Crippen MR) is 135 cm³/mol. The van der Waals surface area contributed by atoms with E-state index in [2.05, 4.69) is 52.9 Å². The molecule has 2 aromatic heterocycles. The van der Waals surface area contributed by atoms with E-state index in [4.69, 9.17) is 20.2 Å². The maximum Gasteiger partial charge on any atom is 0.263 e. The number of anilines is 2. The highest BCUT2D eigenvalue weighted by atomic mass is 16.5. The van der Waals surface area contributed by atoms with Crippen LogP contribution in [0.4, 0.5) is 11.5 Å². The van der Waals surface area contributed by atoms with E-state index in [-0.39, 0.29) is 5.82 Å². The molecule has 1 aromatic carbocycles. The SMILES string of the molecule is Cc1cc(-c2cnc(N)c(Oc3cnn(C4CCN(C)CC4)c3)n2)cc(C)c1N1CC2(COC2)C1. The number of piperidine rings is 1. The number of nitrogen functional groups attached to an aromatic ring is 1. The van der Waals surface area contributed by atoms with Crippen LogP contribution in [0.5, 0.6) is 11.6 Å². The zero-order valence-electron chi connectivity index (χ0n) is 20.7. The predicted octanol–water partition coefficient (Wildman–Crippen LogP) is 3.43. The average Bonchev–Trinajstić information content (AvgIpc) is 3.24. The molecule has 0 unspecified atom stereocenters. The number of benzene rings is 1. The highest BCUT2D eigenvalue weighted by Crippen LogP contribution is 2.43. The topological polar surface area (TPSA) is 94.6 Å². The van der Waals surface area contributed by atoms with E-state index < -0.39 is 0 Å². The lowest BCUT2D eigenvalue weighted by molar-refractivity contribution is -0.127. The van der Waals surface area contributed by atoms with E-state index >= 15 is 0 Å². The van der Waals surface area contributed by atoms with Gasteiger partial charge in [0.05, 0.1) is 49.0 Å². The zero-order valence-corrected chi connectivity index (χ0v) is 20.7. The second kappa shape index (κ2) is 8.49. The van der Waals surface area contributed by atoms with Crippen molar-refractivity contribution in [3.05, 3.63) is 41.9 Å². The van der Waals surface area contributed by atoms with Crippen molar-refractivity contribution in [2.45, 2.75) is 32.7 Å². The van der Waals surface area contributed by atoms with Crippen LogP contribution < -0.4 is 15.4 Å². The lowest BCUT2D eigenvalue weighted by Gasteiger charge is -2.56. The number of nitrogens with two attached hydrogens (primary N) is 1. The molecule has 3 aliphatic heterocycles. The summed E-state index contributed by atoms with van der Waals surface area (Å²) in [5.74, 6) is 1.19. The van der Waals surface area contributed by atoms with Crippen LogP contribution >= 0.6 is 0 Å². The molecule has 9 nitrogen and oxygen atoms in total. The van der Waals surface area contributed by atoms with Gasteiger partial charge in [0.1, 0.15) is 0 Å². The normalized spacial score (nSPS) is 20.0. The molecule has 3 saturated heterocycles. The Kier molecular flexibility index (Phi) is 5.41. The molecule has 0 amide bonds. The van der Waals surface area contributed by atoms with Crippen molar-refractivity contribution in [2.75, 3.05) is 57.1 Å². The minimum Gasteiger partial charge on any atom is -0.433 e. The van der Waals surface area contributed by atoms with Crippen LogP contribution in [-0.2, 0) is 4.74 Å². The summed E-state index contributed by atoms with van der Waals surface area (Å²) in [6.07, 6.45) is 7.52. The molecule has 184 valence electrons. The van der Waals surface area contributed by atoms with Gasteiger partial charge >= 0.3 is 0 Å². The van der Waals surface area contributed by atoms with Gasteiger partial charge in [-0.15, -0.1) is 0 Å². The highest BCUT2D eigenvalue weighted by Gasteiger charge is 2.49. The van der Waals surface area contributed by atoms with Gasteiger partial charge in [-0.1, -0.05) is 0 Å². The van der Waals surface area contributed by atoms with Crippen molar-refractivity contribution in [3.63, 3.8) is 0 Å². The quantitative estimate of drug-likeness (QED) is 0.600. The van der Waals surface area contributed by atoms with Crippen LogP contribution in [-0.4, -0.2) is 71.1 Å². The van der Waals surface area contributed by atoms with Gasteiger partial charge in [0, 0.05) is 24.3 Å². The molecule has 35 heavy (non-hydrogen) atoms. The van der Waals surface area contributed by atoms with E-state index in [1.807, 2.05) is 10.9 Å². The summed E-state index contributed by atoms with van der Waals surface area (Å²) < 4.78 is 13.5. The third kappa shape index (κ3) is 4.12. The van der Waals surface area contributed by atoms with E-state index in [9.17, 15) is 0 Å². The van der Waals surface area contributed by atoms with Crippen LogP contribution in [0.1, 0.15) is 30.0 Å². The smallest absolute Gasteiger partial charge is 0.263 e. The third-order valence-electron chi connectivity index (χ3n) is 7.59. The number of nitrogens with zero attached hydrogens (tertiary/aromatic N) is 6. The molecule has 3 aliphatic rings. The van der Waals surface area contributed by atoms with E-state index in [0.29, 0.717) is 23.1 Å². The number of hydrogen-bond acceptors (Lipinski definition) is 8. The van der Waals surface area contributed by atoms with Gasteiger partial charge in [0.25, 0.3) is 5.88 Å². The second-order valence-corrected chi connectivity index (χ2v) is 10.5. The molecule has 0 atom stereocenters. The number of hydrogen-bond donors (Lipinski definition) is 1. The van der Waals surface area contributed by atoms with E-state index in [1.165, 1.54) is 16.8 Å². The molecule has 0 bridgehead atoms. The number of likely N-dealkylation sites (tertiary alicyclic amines) is 1. The lowest BCUT2D eigenvalue weighted by atomic mass is 9.77. The van der Waals surface area contributed by atoms with Crippen molar-refractivity contribution in [1.29, 1.82) is 0 Å². The van der Waals surface area contributed by atoms with Crippen molar-refractivity contribution in [2.24, 2.45) is 5.41 Å². The minimum atomic E-state index is 0.263. The van der Waals surface area contributed by atoms with Crippen LogP contribution in [0.15, 0.2) is 30.7 Å². The van der Waals surface area contributed by atoms with Gasteiger partial charge in [-0.2, -0.15) is 5.10 Å². The molecule has 6 rings (SSSR count). The molecular formula is C26H33N7O2. The van der Waals surface area contributed by atoms with Crippen LogP contribution in [0, 0.1) is 19.3 Å². The van der Waals surface area contributed by atoms with Gasteiger partial charge in [0.2, 0.25) is 0 Å². The van der Waals surface area contributed by atoms with Gasteiger partial charge in [0.15, 0.2) is 11.6 Å². The maximum atomic E-state index is 6.13. The monoisotopic (exact) mass is 475 g/mol. The van der Waals surface area contributed by atoms with E-state index in [1.54, 1.807) is 12.4 Å². The summed E-state index contributed by atoms with van der Waals surface area (Å²) in [6, 6.07) is 4.74. The Bertz CT molecular complexity index is 1210. The summed E-state index contributed by atoms with van der Waals surface area (Å²) in [5.41, 5.74) is 12.0. The fraction of sp³-hybridized carbons (Fsp3) is 0.500. The summed E-state index contributed by atoms with van der Waals surface area (Å²) in [7, 11) is 2.16. The molecular weight excluding hydrogens is 442 g/mol. The van der Waals surface area contributed by atoms with Gasteiger partial charge < -0.3 is 25.0 Å².